The SMILES string of the molecule is CC(=O)OCC1=C(C(=O)O)N2C(=O)CC2(C(C)O)SC1. The summed E-state index contributed by atoms with van der Waals surface area (Å²) in [7, 11) is 0. The van der Waals surface area contributed by atoms with Crippen LogP contribution in [0.25, 0.3) is 0 Å². The number of fused-ring (bicyclic) bond motifs is 1. The van der Waals surface area contributed by atoms with Crippen LogP contribution in [0.2, 0.25) is 0 Å². The van der Waals surface area contributed by atoms with Gasteiger partial charge in [-0.3, -0.25) is 14.5 Å². The Morgan fingerprint density at radius 2 is 2.20 bits per heavy atom. The molecular weight excluding hydrogens is 286 g/mol. The number of esters is 1. The Balaban J connectivity index is 2.37. The Morgan fingerprint density at radius 1 is 1.55 bits per heavy atom. The summed E-state index contributed by atoms with van der Waals surface area (Å²) >= 11 is 1.30. The van der Waals surface area contributed by atoms with Gasteiger partial charge in [0.2, 0.25) is 5.91 Å². The number of aliphatic hydroxyl groups is 1. The van der Waals surface area contributed by atoms with Crippen molar-refractivity contribution in [3.05, 3.63) is 11.3 Å². The van der Waals surface area contributed by atoms with Crippen LogP contribution >= 0.6 is 11.8 Å². The minimum absolute atomic E-state index is 0.104. The first-order valence-corrected chi connectivity index (χ1v) is 7.02. The van der Waals surface area contributed by atoms with Crippen molar-refractivity contribution in [1.82, 2.24) is 4.90 Å². The summed E-state index contributed by atoms with van der Waals surface area (Å²) in [6.45, 7) is 2.60. The number of thioether (sulfide) groups is 1. The Labute approximate surface area is 119 Å². The van der Waals surface area contributed by atoms with Gasteiger partial charge in [0.05, 0.1) is 12.5 Å². The molecule has 2 atom stereocenters. The third-order valence-electron chi connectivity index (χ3n) is 3.39. The number of carbonyl (C=O) groups excluding carboxylic acids is 2. The molecule has 2 aliphatic heterocycles. The fourth-order valence-electron chi connectivity index (χ4n) is 2.36. The van der Waals surface area contributed by atoms with Crippen LogP contribution in [0.1, 0.15) is 20.3 Å². The molecule has 2 N–H and O–H groups in total. The summed E-state index contributed by atoms with van der Waals surface area (Å²) in [6, 6.07) is 0. The lowest BCUT2D eigenvalue weighted by atomic mass is 9.93. The molecule has 0 spiro atoms. The number of hydrogen-bond acceptors (Lipinski definition) is 6. The van der Waals surface area contributed by atoms with Crippen LogP contribution in [0.4, 0.5) is 0 Å². The molecule has 2 unspecified atom stereocenters. The molecule has 2 heterocycles. The fraction of sp³-hybridized carbons (Fsp3) is 0.583. The van der Waals surface area contributed by atoms with Crippen molar-refractivity contribution in [3.8, 4) is 0 Å². The summed E-state index contributed by atoms with van der Waals surface area (Å²) in [6.07, 6.45) is -0.748. The number of nitrogens with zero attached hydrogens (tertiary/aromatic N) is 1. The third kappa shape index (κ3) is 2.18. The van der Waals surface area contributed by atoms with Gasteiger partial charge in [-0.2, -0.15) is 0 Å². The molecule has 1 amide bonds. The van der Waals surface area contributed by atoms with Gasteiger partial charge in [-0.1, -0.05) is 0 Å². The van der Waals surface area contributed by atoms with E-state index in [1.165, 1.54) is 25.6 Å². The van der Waals surface area contributed by atoms with Gasteiger partial charge in [-0.05, 0) is 6.92 Å². The van der Waals surface area contributed by atoms with Crippen molar-refractivity contribution in [1.29, 1.82) is 0 Å². The van der Waals surface area contributed by atoms with Crippen LogP contribution in [0, 0.1) is 0 Å². The third-order valence-corrected chi connectivity index (χ3v) is 5.05. The van der Waals surface area contributed by atoms with Crippen LogP contribution in [0.3, 0.4) is 0 Å². The van der Waals surface area contributed by atoms with Gasteiger partial charge in [-0.25, -0.2) is 4.79 Å². The zero-order chi connectivity index (χ0) is 15.1. The van der Waals surface area contributed by atoms with E-state index in [1.54, 1.807) is 0 Å². The second-order valence-corrected chi connectivity index (χ2v) is 6.04. The maximum Gasteiger partial charge on any atom is 0.352 e. The fourth-order valence-corrected chi connectivity index (χ4v) is 3.80. The summed E-state index contributed by atoms with van der Waals surface area (Å²) < 4.78 is 4.82. The molecule has 0 aromatic rings. The number of aliphatic hydroxyl groups excluding tert-OH is 1. The Hall–Kier alpha value is -1.54. The van der Waals surface area contributed by atoms with E-state index in [4.69, 9.17) is 4.74 Å². The molecule has 20 heavy (non-hydrogen) atoms. The molecule has 0 bridgehead atoms. The van der Waals surface area contributed by atoms with Crippen molar-refractivity contribution in [3.63, 3.8) is 0 Å². The molecule has 1 saturated heterocycles. The molecule has 0 aromatic carbocycles. The maximum atomic E-state index is 11.8. The summed E-state index contributed by atoms with van der Waals surface area (Å²) in [4.78, 5) is 34.2. The molecule has 7 nitrogen and oxygen atoms in total. The highest BCUT2D eigenvalue weighted by Gasteiger charge is 2.59. The quantitative estimate of drug-likeness (QED) is 0.554. The highest BCUT2D eigenvalue weighted by atomic mass is 32.2. The summed E-state index contributed by atoms with van der Waals surface area (Å²) in [5.74, 6) is -1.83. The van der Waals surface area contributed by atoms with Crippen LogP contribution in [0.5, 0.6) is 0 Å². The normalized spacial score (nSPS) is 26.8. The Morgan fingerprint density at radius 3 is 2.65 bits per heavy atom. The van der Waals surface area contributed by atoms with Gasteiger partial charge in [0.1, 0.15) is 17.2 Å². The zero-order valence-electron chi connectivity index (χ0n) is 11.1. The van der Waals surface area contributed by atoms with Gasteiger partial charge < -0.3 is 14.9 Å². The number of amides is 1. The minimum atomic E-state index is -1.26. The number of ether oxygens (including phenoxy) is 1. The molecule has 0 saturated carbocycles. The van der Waals surface area contributed by atoms with Crippen LogP contribution in [-0.4, -0.2) is 56.3 Å². The van der Waals surface area contributed by atoms with Gasteiger partial charge in [-0.15, -0.1) is 11.8 Å². The highest BCUT2D eigenvalue weighted by molar-refractivity contribution is 8.01. The molecule has 110 valence electrons. The lowest BCUT2D eigenvalue weighted by molar-refractivity contribution is -0.157. The molecule has 1 fully saturated rings. The van der Waals surface area contributed by atoms with Crippen LogP contribution in [-0.2, 0) is 19.1 Å². The number of carboxylic acid groups (broad SMARTS) is 1. The number of β-lactam (4-membered cyclic amide) rings is 1. The minimum Gasteiger partial charge on any atom is -0.477 e. The van der Waals surface area contributed by atoms with Gasteiger partial charge in [0, 0.05) is 18.2 Å². The van der Waals surface area contributed by atoms with Crippen LogP contribution < -0.4 is 0 Å². The van der Waals surface area contributed by atoms with Crippen molar-refractivity contribution in [2.24, 2.45) is 0 Å². The van der Waals surface area contributed by atoms with E-state index in [0.29, 0.717) is 11.3 Å². The number of carbonyl (C=O) groups is 3. The number of rotatable bonds is 4. The second-order valence-electron chi connectivity index (χ2n) is 4.75. The topological polar surface area (TPSA) is 104 Å². The van der Waals surface area contributed by atoms with E-state index < -0.39 is 22.9 Å². The number of aliphatic carboxylic acids is 1. The molecule has 0 aromatic heterocycles. The van der Waals surface area contributed by atoms with Gasteiger partial charge in [0.25, 0.3) is 0 Å². The molecule has 0 radical (unpaired) electrons. The van der Waals surface area contributed by atoms with Crippen molar-refractivity contribution in [2.75, 3.05) is 12.4 Å². The van der Waals surface area contributed by atoms with Crippen molar-refractivity contribution in [2.45, 2.75) is 31.2 Å². The number of hydrogen-bond donors (Lipinski definition) is 2. The lowest BCUT2D eigenvalue weighted by Gasteiger charge is -2.55. The lowest BCUT2D eigenvalue weighted by Crippen LogP contribution is -2.68. The molecule has 2 aliphatic rings. The van der Waals surface area contributed by atoms with Crippen molar-refractivity contribution < 1.29 is 29.3 Å². The summed E-state index contributed by atoms with van der Waals surface area (Å²) in [5, 5.41) is 19.2. The van der Waals surface area contributed by atoms with E-state index in [1.807, 2.05) is 0 Å². The predicted octanol–water partition coefficient (Wildman–Crippen LogP) is -0.0556. The summed E-state index contributed by atoms with van der Waals surface area (Å²) in [5.41, 5.74) is 0.184. The van der Waals surface area contributed by atoms with Crippen LogP contribution in [0.15, 0.2) is 11.3 Å². The first-order valence-electron chi connectivity index (χ1n) is 6.03. The molecule has 0 aliphatic carbocycles. The van der Waals surface area contributed by atoms with E-state index in [2.05, 4.69) is 0 Å². The monoisotopic (exact) mass is 301 g/mol. The Kier molecular flexibility index (Phi) is 3.79. The first kappa shape index (κ1) is 14.9. The smallest absolute Gasteiger partial charge is 0.352 e. The van der Waals surface area contributed by atoms with E-state index in [0.717, 1.165) is 4.90 Å². The Bertz CT molecular complexity index is 514. The van der Waals surface area contributed by atoms with Gasteiger partial charge in [0.15, 0.2) is 0 Å². The number of carboxylic acids is 1. The van der Waals surface area contributed by atoms with E-state index in [-0.39, 0.29) is 24.6 Å². The van der Waals surface area contributed by atoms with E-state index >= 15 is 0 Å². The second kappa shape index (κ2) is 5.10. The molecule has 8 heteroatoms. The average molecular weight is 301 g/mol. The van der Waals surface area contributed by atoms with E-state index in [9.17, 15) is 24.6 Å². The van der Waals surface area contributed by atoms with Gasteiger partial charge >= 0.3 is 11.9 Å². The van der Waals surface area contributed by atoms with Crippen molar-refractivity contribution >= 4 is 29.6 Å². The largest absolute Gasteiger partial charge is 0.477 e. The highest BCUT2D eigenvalue weighted by Crippen LogP contribution is 2.51. The molecular formula is C12H15NO6S. The first-order chi connectivity index (χ1) is 9.29. The average Bonchev–Trinajstić information content (AvgIpc) is 2.33. The maximum absolute atomic E-state index is 11.8. The predicted molar refractivity (Wildman–Crippen MR) is 69.6 cm³/mol. The molecule has 2 rings (SSSR count). The standard InChI is InChI=1S/C12H15NO6S/c1-6(14)12-3-9(16)13(12)10(11(17)18)8(5-20-12)4-19-7(2)15/h6,14H,3-5H2,1-2H3,(H,17,18). The zero-order valence-corrected chi connectivity index (χ0v) is 11.9.